The van der Waals surface area contributed by atoms with Crippen LogP contribution in [-0.2, 0) is 14.3 Å². The smallest absolute Gasteiger partial charge is 0.249 e. The van der Waals surface area contributed by atoms with Crippen LogP contribution < -0.4 is 5.32 Å². The summed E-state index contributed by atoms with van der Waals surface area (Å²) in [6, 6.07) is 7.87. The Hall–Kier alpha value is -3.00. The molecule has 0 aromatic carbocycles. The van der Waals surface area contributed by atoms with Crippen LogP contribution in [0.2, 0.25) is 0 Å². The minimum atomic E-state index is -0.0588. The highest BCUT2D eigenvalue weighted by atomic mass is 16.5. The number of aryl methyl sites for hydroxylation is 2. The maximum atomic E-state index is 12.9. The summed E-state index contributed by atoms with van der Waals surface area (Å²) in [6.45, 7) is 6.44. The van der Waals surface area contributed by atoms with Gasteiger partial charge < -0.3 is 19.9 Å². The molecular weight excluding hydrogens is 406 g/mol. The van der Waals surface area contributed by atoms with Crippen molar-refractivity contribution in [3.05, 3.63) is 47.4 Å². The molecule has 2 fully saturated rings. The molecular formula is C24H31N5O3. The van der Waals surface area contributed by atoms with Gasteiger partial charge in [0.15, 0.2) is 0 Å². The number of likely N-dealkylation sites (tertiary alicyclic amines) is 2. The van der Waals surface area contributed by atoms with Gasteiger partial charge in [0.2, 0.25) is 11.8 Å². The molecule has 4 rings (SSSR count). The Bertz CT molecular complexity index is 980. The molecule has 2 aliphatic rings. The number of nitrogens with zero attached hydrogens (tertiary/aromatic N) is 4. The summed E-state index contributed by atoms with van der Waals surface area (Å²) in [5.41, 5.74) is 3.76. The standard InChI is InChI=1S/C24H31N5O3/c1-17-6-3-9-25-24(17)27-19-14-18(2)26-20(15-19)21-7-4-11-29(21)23(31)16-32-13-12-28-10-5-8-22(28)30/h3,6,9,14-15,21H,4-5,7-8,10-13,16H2,1-2H3,(H,25,26,27)/t21-/m1/s1. The van der Waals surface area contributed by atoms with Crippen LogP contribution in [-0.4, -0.2) is 64.4 Å². The fourth-order valence-corrected chi connectivity index (χ4v) is 4.42. The third kappa shape index (κ3) is 5.24. The Balaban J connectivity index is 1.38. The predicted octanol–water partition coefficient (Wildman–Crippen LogP) is 3.14. The molecule has 0 spiro atoms. The lowest BCUT2D eigenvalue weighted by Gasteiger charge is -2.25. The number of amides is 2. The van der Waals surface area contributed by atoms with Gasteiger partial charge >= 0.3 is 0 Å². The molecule has 2 amide bonds. The molecule has 170 valence electrons. The van der Waals surface area contributed by atoms with Crippen molar-refractivity contribution in [2.75, 3.05) is 38.2 Å². The van der Waals surface area contributed by atoms with Gasteiger partial charge in [0.05, 0.1) is 18.3 Å². The molecule has 2 saturated heterocycles. The van der Waals surface area contributed by atoms with Crippen LogP contribution in [0.4, 0.5) is 11.5 Å². The Morgan fingerprint density at radius 1 is 1.25 bits per heavy atom. The number of hydrogen-bond donors (Lipinski definition) is 1. The SMILES string of the molecule is Cc1cc(Nc2ncccc2C)cc([C@H]2CCCN2C(=O)COCCN2CCCC2=O)n1. The molecule has 0 aliphatic carbocycles. The molecule has 8 heteroatoms. The van der Waals surface area contributed by atoms with Gasteiger partial charge in [-0.2, -0.15) is 0 Å². The van der Waals surface area contributed by atoms with Gasteiger partial charge in [0.1, 0.15) is 12.4 Å². The molecule has 0 saturated carbocycles. The van der Waals surface area contributed by atoms with E-state index in [-0.39, 0.29) is 24.5 Å². The molecule has 2 aliphatic heterocycles. The number of aromatic nitrogens is 2. The highest BCUT2D eigenvalue weighted by molar-refractivity contribution is 5.79. The Morgan fingerprint density at radius 3 is 2.91 bits per heavy atom. The van der Waals surface area contributed by atoms with E-state index in [1.54, 1.807) is 11.1 Å². The minimum absolute atomic E-state index is 0.0290. The fraction of sp³-hybridized carbons (Fsp3) is 0.500. The zero-order chi connectivity index (χ0) is 22.5. The first-order valence-electron chi connectivity index (χ1n) is 11.3. The quantitative estimate of drug-likeness (QED) is 0.639. The topological polar surface area (TPSA) is 87.7 Å². The molecule has 2 aromatic rings. The summed E-state index contributed by atoms with van der Waals surface area (Å²) in [5.74, 6) is 0.960. The van der Waals surface area contributed by atoms with E-state index < -0.39 is 0 Å². The maximum Gasteiger partial charge on any atom is 0.249 e. The van der Waals surface area contributed by atoms with Crippen LogP contribution in [0.3, 0.4) is 0 Å². The highest BCUT2D eigenvalue weighted by Gasteiger charge is 2.31. The summed E-state index contributed by atoms with van der Waals surface area (Å²) >= 11 is 0. The first-order chi connectivity index (χ1) is 15.5. The van der Waals surface area contributed by atoms with E-state index in [1.165, 1.54) is 0 Å². The molecule has 0 unspecified atom stereocenters. The number of pyridine rings is 2. The van der Waals surface area contributed by atoms with E-state index in [1.807, 2.05) is 43.0 Å². The second kappa shape index (κ2) is 10.1. The molecule has 1 N–H and O–H groups in total. The summed E-state index contributed by atoms with van der Waals surface area (Å²) in [7, 11) is 0. The number of rotatable bonds is 8. The average Bonchev–Trinajstić information content (AvgIpc) is 3.42. The lowest BCUT2D eigenvalue weighted by atomic mass is 10.1. The molecule has 0 bridgehead atoms. The van der Waals surface area contributed by atoms with Crippen LogP contribution in [0.15, 0.2) is 30.5 Å². The van der Waals surface area contributed by atoms with Crippen LogP contribution in [0.1, 0.15) is 48.7 Å². The van der Waals surface area contributed by atoms with Crippen molar-refractivity contribution in [1.29, 1.82) is 0 Å². The van der Waals surface area contributed by atoms with Crippen molar-refractivity contribution >= 4 is 23.3 Å². The maximum absolute atomic E-state index is 12.9. The summed E-state index contributed by atoms with van der Waals surface area (Å²) < 4.78 is 5.62. The van der Waals surface area contributed by atoms with Gasteiger partial charge in [0, 0.05) is 43.6 Å². The minimum Gasteiger partial charge on any atom is -0.370 e. The van der Waals surface area contributed by atoms with Crippen LogP contribution in [0, 0.1) is 13.8 Å². The van der Waals surface area contributed by atoms with Crippen molar-refractivity contribution in [2.24, 2.45) is 0 Å². The van der Waals surface area contributed by atoms with Gasteiger partial charge in [-0.3, -0.25) is 14.6 Å². The van der Waals surface area contributed by atoms with Crippen molar-refractivity contribution in [2.45, 2.75) is 45.6 Å². The predicted molar refractivity (Wildman–Crippen MR) is 122 cm³/mol. The number of carbonyl (C=O) groups is 2. The van der Waals surface area contributed by atoms with Gasteiger partial charge in [0.25, 0.3) is 0 Å². The molecule has 0 radical (unpaired) electrons. The van der Waals surface area contributed by atoms with Gasteiger partial charge in [-0.1, -0.05) is 6.07 Å². The summed E-state index contributed by atoms with van der Waals surface area (Å²) in [6.07, 6.45) is 5.12. The van der Waals surface area contributed by atoms with E-state index in [0.29, 0.717) is 26.1 Å². The molecule has 4 heterocycles. The average molecular weight is 438 g/mol. The number of ether oxygens (including phenoxy) is 1. The van der Waals surface area contributed by atoms with Crippen LogP contribution in [0.5, 0.6) is 0 Å². The van der Waals surface area contributed by atoms with Crippen LogP contribution >= 0.6 is 0 Å². The Morgan fingerprint density at radius 2 is 2.12 bits per heavy atom. The first kappa shape index (κ1) is 22.2. The van der Waals surface area contributed by atoms with E-state index >= 15 is 0 Å². The van der Waals surface area contributed by atoms with E-state index in [2.05, 4.69) is 10.3 Å². The van der Waals surface area contributed by atoms with Crippen molar-refractivity contribution < 1.29 is 14.3 Å². The fourth-order valence-electron chi connectivity index (χ4n) is 4.42. The Labute approximate surface area is 189 Å². The second-order valence-corrected chi connectivity index (χ2v) is 8.50. The number of carbonyl (C=O) groups excluding carboxylic acids is 2. The highest BCUT2D eigenvalue weighted by Crippen LogP contribution is 2.33. The molecule has 8 nitrogen and oxygen atoms in total. The van der Waals surface area contributed by atoms with Crippen molar-refractivity contribution in [3.8, 4) is 0 Å². The second-order valence-electron chi connectivity index (χ2n) is 8.50. The Kier molecular flexibility index (Phi) is 6.99. The lowest BCUT2D eigenvalue weighted by molar-refractivity contribution is -0.137. The van der Waals surface area contributed by atoms with Crippen molar-refractivity contribution in [1.82, 2.24) is 19.8 Å². The molecule has 32 heavy (non-hydrogen) atoms. The van der Waals surface area contributed by atoms with E-state index in [0.717, 1.165) is 54.3 Å². The van der Waals surface area contributed by atoms with Crippen LogP contribution in [0.25, 0.3) is 0 Å². The third-order valence-electron chi connectivity index (χ3n) is 6.06. The zero-order valence-corrected chi connectivity index (χ0v) is 18.8. The molecule has 2 aromatic heterocycles. The van der Waals surface area contributed by atoms with Crippen molar-refractivity contribution in [3.63, 3.8) is 0 Å². The summed E-state index contributed by atoms with van der Waals surface area (Å²) in [4.78, 5) is 37.4. The van der Waals surface area contributed by atoms with E-state index in [4.69, 9.17) is 9.72 Å². The zero-order valence-electron chi connectivity index (χ0n) is 18.8. The number of anilines is 2. The molecule has 1 atom stereocenters. The van der Waals surface area contributed by atoms with E-state index in [9.17, 15) is 9.59 Å². The number of hydrogen-bond acceptors (Lipinski definition) is 6. The number of nitrogens with one attached hydrogen (secondary N) is 1. The monoisotopic (exact) mass is 437 g/mol. The normalized spacial score (nSPS) is 18.4. The first-order valence-corrected chi connectivity index (χ1v) is 11.3. The van der Waals surface area contributed by atoms with Gasteiger partial charge in [-0.15, -0.1) is 0 Å². The largest absolute Gasteiger partial charge is 0.370 e. The van der Waals surface area contributed by atoms with Gasteiger partial charge in [-0.05, 0) is 56.9 Å². The third-order valence-corrected chi connectivity index (χ3v) is 6.06. The lowest BCUT2D eigenvalue weighted by Crippen LogP contribution is -2.35. The summed E-state index contributed by atoms with van der Waals surface area (Å²) in [5, 5.41) is 3.38. The van der Waals surface area contributed by atoms with Gasteiger partial charge in [-0.25, -0.2) is 4.98 Å².